The molecule has 0 aliphatic carbocycles. The van der Waals surface area contributed by atoms with Crippen molar-refractivity contribution in [3.63, 3.8) is 0 Å². The number of ether oxygens (including phenoxy) is 1. The van der Waals surface area contributed by atoms with Crippen molar-refractivity contribution in [3.05, 3.63) is 54.1 Å². The van der Waals surface area contributed by atoms with Crippen LogP contribution in [0.2, 0.25) is 0 Å². The predicted octanol–water partition coefficient (Wildman–Crippen LogP) is 3.52. The van der Waals surface area contributed by atoms with Crippen molar-refractivity contribution in [1.29, 1.82) is 0 Å². The van der Waals surface area contributed by atoms with Gasteiger partial charge in [0.25, 0.3) is 0 Å². The fourth-order valence-corrected chi connectivity index (χ4v) is 3.48. The third kappa shape index (κ3) is 2.39. The molecule has 3 nitrogen and oxygen atoms in total. The third-order valence-electron chi connectivity index (χ3n) is 3.38. The monoisotopic (exact) mass is 285 g/mol. The molecule has 1 aliphatic heterocycles. The first-order valence-corrected chi connectivity index (χ1v) is 7.44. The smallest absolute Gasteiger partial charge is 0.232 e. The lowest BCUT2D eigenvalue weighted by atomic mass is 9.99. The van der Waals surface area contributed by atoms with Crippen molar-refractivity contribution in [2.45, 2.75) is 10.8 Å². The summed E-state index contributed by atoms with van der Waals surface area (Å²) in [5.41, 5.74) is 1.83. The highest BCUT2D eigenvalue weighted by Gasteiger charge is 2.27. The SMILES string of the molecule is COc1ccccc1C1CSc2ccccc2NC1=O. The number of amides is 1. The molecule has 0 spiro atoms. The maximum Gasteiger partial charge on any atom is 0.232 e. The van der Waals surface area contributed by atoms with E-state index in [1.165, 1.54) is 0 Å². The number of hydrogen-bond acceptors (Lipinski definition) is 3. The molecular weight excluding hydrogens is 270 g/mol. The van der Waals surface area contributed by atoms with Gasteiger partial charge < -0.3 is 10.1 Å². The van der Waals surface area contributed by atoms with Crippen molar-refractivity contribution in [2.24, 2.45) is 0 Å². The van der Waals surface area contributed by atoms with Crippen LogP contribution in [0.3, 0.4) is 0 Å². The Morgan fingerprint density at radius 1 is 1.15 bits per heavy atom. The molecule has 4 heteroatoms. The highest BCUT2D eigenvalue weighted by atomic mass is 32.2. The first-order chi connectivity index (χ1) is 9.79. The van der Waals surface area contributed by atoms with E-state index in [9.17, 15) is 4.79 Å². The molecule has 0 bridgehead atoms. The molecule has 1 atom stereocenters. The van der Waals surface area contributed by atoms with E-state index >= 15 is 0 Å². The minimum atomic E-state index is -0.205. The van der Waals surface area contributed by atoms with Gasteiger partial charge in [0.2, 0.25) is 5.91 Å². The maximum absolute atomic E-state index is 12.5. The quantitative estimate of drug-likeness (QED) is 0.917. The van der Waals surface area contributed by atoms with Crippen molar-refractivity contribution in [3.8, 4) is 5.75 Å². The lowest BCUT2D eigenvalue weighted by molar-refractivity contribution is -0.117. The van der Waals surface area contributed by atoms with Crippen LogP contribution in [0.25, 0.3) is 0 Å². The zero-order chi connectivity index (χ0) is 13.9. The molecule has 0 radical (unpaired) electrons. The van der Waals surface area contributed by atoms with Crippen molar-refractivity contribution < 1.29 is 9.53 Å². The molecule has 1 unspecified atom stereocenters. The number of methoxy groups -OCH3 is 1. The van der Waals surface area contributed by atoms with E-state index in [1.54, 1.807) is 18.9 Å². The Morgan fingerprint density at radius 2 is 1.90 bits per heavy atom. The first kappa shape index (κ1) is 13.1. The van der Waals surface area contributed by atoms with Gasteiger partial charge in [0.15, 0.2) is 0 Å². The van der Waals surface area contributed by atoms with E-state index in [1.807, 2.05) is 48.5 Å². The average molecular weight is 285 g/mol. The summed E-state index contributed by atoms with van der Waals surface area (Å²) in [6.45, 7) is 0. The van der Waals surface area contributed by atoms with Gasteiger partial charge in [0, 0.05) is 16.2 Å². The van der Waals surface area contributed by atoms with Gasteiger partial charge >= 0.3 is 0 Å². The molecule has 3 rings (SSSR count). The molecule has 0 aromatic heterocycles. The molecule has 0 saturated carbocycles. The van der Waals surface area contributed by atoms with Gasteiger partial charge in [-0.1, -0.05) is 30.3 Å². The molecule has 2 aromatic rings. The summed E-state index contributed by atoms with van der Waals surface area (Å²) in [6.07, 6.45) is 0. The second-order valence-corrected chi connectivity index (χ2v) is 5.65. The summed E-state index contributed by atoms with van der Waals surface area (Å²) in [6, 6.07) is 15.6. The predicted molar refractivity (Wildman–Crippen MR) is 81.5 cm³/mol. The molecule has 1 amide bonds. The van der Waals surface area contributed by atoms with Crippen LogP contribution in [0.4, 0.5) is 5.69 Å². The van der Waals surface area contributed by atoms with E-state index in [4.69, 9.17) is 4.74 Å². The lowest BCUT2D eigenvalue weighted by Gasteiger charge is -2.16. The standard InChI is InChI=1S/C16H15NO2S/c1-19-14-8-4-2-6-11(14)12-10-20-15-9-5-3-7-13(15)17-16(12)18/h2-9,12H,10H2,1H3,(H,17,18). The molecule has 2 aromatic carbocycles. The summed E-state index contributed by atoms with van der Waals surface area (Å²) in [5, 5.41) is 3.01. The topological polar surface area (TPSA) is 38.3 Å². The Morgan fingerprint density at radius 3 is 2.75 bits per heavy atom. The van der Waals surface area contributed by atoms with Crippen LogP contribution in [-0.4, -0.2) is 18.8 Å². The number of carbonyl (C=O) groups is 1. The highest BCUT2D eigenvalue weighted by Crippen LogP contribution is 2.38. The van der Waals surface area contributed by atoms with Crippen LogP contribution in [0.5, 0.6) is 5.75 Å². The number of rotatable bonds is 2. The van der Waals surface area contributed by atoms with E-state index < -0.39 is 0 Å². The fourth-order valence-electron chi connectivity index (χ4n) is 2.35. The van der Waals surface area contributed by atoms with Gasteiger partial charge in [0.1, 0.15) is 5.75 Å². The number of benzene rings is 2. The first-order valence-electron chi connectivity index (χ1n) is 6.45. The summed E-state index contributed by atoms with van der Waals surface area (Å²) >= 11 is 1.70. The van der Waals surface area contributed by atoms with E-state index in [2.05, 4.69) is 5.32 Å². The summed E-state index contributed by atoms with van der Waals surface area (Å²) in [4.78, 5) is 13.6. The second kappa shape index (κ2) is 5.59. The summed E-state index contributed by atoms with van der Waals surface area (Å²) in [5.74, 6) is 1.29. The number of fused-ring (bicyclic) bond motifs is 1. The minimum absolute atomic E-state index is 0.0203. The molecule has 1 aliphatic rings. The third-order valence-corrected chi connectivity index (χ3v) is 4.55. The van der Waals surface area contributed by atoms with Crippen LogP contribution in [0, 0.1) is 0 Å². The molecule has 0 fully saturated rings. The van der Waals surface area contributed by atoms with Crippen LogP contribution in [0.1, 0.15) is 11.5 Å². The fraction of sp³-hybridized carbons (Fsp3) is 0.188. The number of anilines is 1. The van der Waals surface area contributed by atoms with Crippen LogP contribution in [-0.2, 0) is 4.79 Å². The van der Waals surface area contributed by atoms with Gasteiger partial charge in [-0.25, -0.2) is 0 Å². The summed E-state index contributed by atoms with van der Waals surface area (Å²) in [7, 11) is 1.63. The van der Waals surface area contributed by atoms with Crippen LogP contribution >= 0.6 is 11.8 Å². The maximum atomic E-state index is 12.5. The molecule has 102 valence electrons. The normalized spacial score (nSPS) is 17.9. The lowest BCUT2D eigenvalue weighted by Crippen LogP contribution is -2.21. The van der Waals surface area contributed by atoms with Gasteiger partial charge in [-0.3, -0.25) is 4.79 Å². The average Bonchev–Trinajstić information content (AvgIpc) is 2.65. The van der Waals surface area contributed by atoms with Gasteiger partial charge in [-0.15, -0.1) is 11.8 Å². The largest absolute Gasteiger partial charge is 0.496 e. The minimum Gasteiger partial charge on any atom is -0.496 e. The van der Waals surface area contributed by atoms with E-state index in [-0.39, 0.29) is 11.8 Å². The molecule has 0 saturated heterocycles. The van der Waals surface area contributed by atoms with Crippen LogP contribution in [0.15, 0.2) is 53.4 Å². The van der Waals surface area contributed by atoms with Crippen molar-refractivity contribution >= 4 is 23.4 Å². The van der Waals surface area contributed by atoms with Gasteiger partial charge in [-0.05, 0) is 18.2 Å². The highest BCUT2D eigenvalue weighted by molar-refractivity contribution is 7.99. The zero-order valence-electron chi connectivity index (χ0n) is 11.1. The Kier molecular flexibility index (Phi) is 3.65. The second-order valence-electron chi connectivity index (χ2n) is 4.59. The van der Waals surface area contributed by atoms with Crippen molar-refractivity contribution in [1.82, 2.24) is 0 Å². The molecule has 1 heterocycles. The Hall–Kier alpha value is -1.94. The summed E-state index contributed by atoms with van der Waals surface area (Å²) < 4.78 is 5.38. The Bertz CT molecular complexity index is 642. The Balaban J connectivity index is 1.95. The number of hydrogen-bond donors (Lipinski definition) is 1. The number of nitrogens with one attached hydrogen (secondary N) is 1. The Labute approximate surface area is 122 Å². The number of carbonyl (C=O) groups excluding carboxylic acids is 1. The zero-order valence-corrected chi connectivity index (χ0v) is 11.9. The van der Waals surface area contributed by atoms with Crippen molar-refractivity contribution in [2.75, 3.05) is 18.2 Å². The molecular formula is C16H15NO2S. The molecule has 1 N–H and O–H groups in total. The van der Waals surface area contributed by atoms with Gasteiger partial charge in [0.05, 0.1) is 18.7 Å². The van der Waals surface area contributed by atoms with E-state index in [0.717, 1.165) is 21.9 Å². The number of para-hydroxylation sites is 2. The van der Waals surface area contributed by atoms with Crippen LogP contribution < -0.4 is 10.1 Å². The molecule has 20 heavy (non-hydrogen) atoms. The van der Waals surface area contributed by atoms with E-state index in [0.29, 0.717) is 5.75 Å². The van der Waals surface area contributed by atoms with Gasteiger partial charge in [-0.2, -0.15) is 0 Å². The number of thioether (sulfide) groups is 1.